The molecule has 0 spiro atoms. The van der Waals surface area contributed by atoms with E-state index in [2.05, 4.69) is 31.1 Å². The van der Waals surface area contributed by atoms with Crippen molar-refractivity contribution >= 4 is 0 Å². The van der Waals surface area contributed by atoms with Gasteiger partial charge < -0.3 is 14.6 Å². The molecule has 0 heterocycles. The van der Waals surface area contributed by atoms with E-state index in [1.165, 1.54) is 0 Å². The standard InChI is InChI=1S/C26H26F4O3.C2H4/c1-15(32-3)23(27)24(28)16(2)33-14-17-4-6-18(7-5-17)21-12-13-22(26(30)25(21)29)19-8-10-20(31)11-9-19;1-2/h4-7,12-13,19-20,31H,1-2,8-11,14H2,3H3;1-2H2/b24-23-;. The second-order valence-electron chi connectivity index (χ2n) is 8.00. The number of benzene rings is 2. The first-order valence-corrected chi connectivity index (χ1v) is 11.1. The van der Waals surface area contributed by atoms with Crippen molar-refractivity contribution in [1.82, 2.24) is 0 Å². The molecule has 1 fully saturated rings. The summed E-state index contributed by atoms with van der Waals surface area (Å²) in [7, 11) is 1.16. The highest BCUT2D eigenvalue weighted by Crippen LogP contribution is 2.37. The highest BCUT2D eigenvalue weighted by Gasteiger charge is 2.25. The zero-order valence-electron chi connectivity index (χ0n) is 19.8. The van der Waals surface area contributed by atoms with Gasteiger partial charge in [-0.3, -0.25) is 0 Å². The Balaban J connectivity index is 0.00000210. The lowest BCUT2D eigenvalue weighted by molar-refractivity contribution is 0.122. The molecule has 0 radical (unpaired) electrons. The molecule has 1 saturated carbocycles. The number of halogens is 4. The van der Waals surface area contributed by atoms with Gasteiger partial charge in [0, 0.05) is 5.56 Å². The fraction of sp³-hybridized carbons (Fsp3) is 0.286. The monoisotopic (exact) mass is 490 g/mol. The van der Waals surface area contributed by atoms with Crippen LogP contribution in [0.4, 0.5) is 17.6 Å². The summed E-state index contributed by atoms with van der Waals surface area (Å²) in [4.78, 5) is 0. The first-order chi connectivity index (χ1) is 16.7. The van der Waals surface area contributed by atoms with Gasteiger partial charge in [-0.2, -0.15) is 8.78 Å². The van der Waals surface area contributed by atoms with Crippen LogP contribution in [-0.4, -0.2) is 18.3 Å². The van der Waals surface area contributed by atoms with Gasteiger partial charge in [0.25, 0.3) is 0 Å². The zero-order valence-corrected chi connectivity index (χ0v) is 19.8. The number of methoxy groups -OCH3 is 1. The van der Waals surface area contributed by atoms with Gasteiger partial charge >= 0.3 is 0 Å². The van der Waals surface area contributed by atoms with Gasteiger partial charge in [-0.25, -0.2) is 8.78 Å². The lowest BCUT2D eigenvalue weighted by atomic mass is 9.82. The number of hydrogen-bond acceptors (Lipinski definition) is 3. The maximum atomic E-state index is 14.8. The van der Waals surface area contributed by atoms with Crippen LogP contribution in [0.3, 0.4) is 0 Å². The topological polar surface area (TPSA) is 38.7 Å². The van der Waals surface area contributed by atoms with E-state index in [9.17, 15) is 22.7 Å². The van der Waals surface area contributed by atoms with Crippen molar-refractivity contribution in [2.24, 2.45) is 0 Å². The molecule has 1 N–H and O–H groups in total. The molecule has 0 saturated heterocycles. The third-order valence-corrected chi connectivity index (χ3v) is 5.86. The fourth-order valence-corrected chi connectivity index (χ4v) is 3.84. The summed E-state index contributed by atoms with van der Waals surface area (Å²) in [6, 6.07) is 9.57. The Labute approximate surface area is 203 Å². The number of aliphatic hydroxyl groups excluding tert-OH is 1. The number of allylic oxidation sites excluding steroid dienone is 2. The van der Waals surface area contributed by atoms with Gasteiger partial charge in [0.15, 0.2) is 23.2 Å². The van der Waals surface area contributed by atoms with Gasteiger partial charge in [0.05, 0.1) is 13.2 Å². The van der Waals surface area contributed by atoms with Crippen LogP contribution in [0.15, 0.2) is 85.9 Å². The highest BCUT2D eigenvalue weighted by molar-refractivity contribution is 5.65. The summed E-state index contributed by atoms with van der Waals surface area (Å²) < 4.78 is 67.0. The molecule has 0 bridgehead atoms. The normalized spacial score (nSPS) is 18.0. The molecule has 188 valence electrons. The predicted molar refractivity (Wildman–Crippen MR) is 130 cm³/mol. The van der Waals surface area contributed by atoms with Crippen molar-refractivity contribution in [2.45, 2.75) is 44.3 Å². The van der Waals surface area contributed by atoms with Gasteiger partial charge in [0.1, 0.15) is 6.61 Å². The average molecular weight is 491 g/mol. The van der Waals surface area contributed by atoms with Crippen molar-refractivity contribution < 1.29 is 32.1 Å². The molecule has 0 aliphatic heterocycles. The van der Waals surface area contributed by atoms with Gasteiger partial charge in [-0.15, -0.1) is 13.2 Å². The van der Waals surface area contributed by atoms with E-state index >= 15 is 0 Å². The molecule has 0 atom stereocenters. The quantitative estimate of drug-likeness (QED) is 0.178. The summed E-state index contributed by atoms with van der Waals surface area (Å²) in [5.41, 5.74) is 1.52. The zero-order chi connectivity index (χ0) is 26.1. The molecular weight excluding hydrogens is 460 g/mol. The Morgan fingerprint density at radius 3 is 2.03 bits per heavy atom. The van der Waals surface area contributed by atoms with Gasteiger partial charge in [-0.05, 0) is 48.3 Å². The van der Waals surface area contributed by atoms with E-state index in [1.807, 2.05) is 0 Å². The third kappa shape index (κ3) is 6.85. The molecule has 7 heteroatoms. The molecular formula is C28H30F4O3. The second-order valence-corrected chi connectivity index (χ2v) is 8.00. The minimum absolute atomic E-state index is 0.107. The Bertz CT molecular complexity index is 1070. The van der Waals surface area contributed by atoms with Crippen molar-refractivity contribution in [2.75, 3.05) is 7.11 Å². The molecule has 0 unspecified atom stereocenters. The van der Waals surface area contributed by atoms with Crippen molar-refractivity contribution in [3.05, 3.63) is 109 Å². The Morgan fingerprint density at radius 1 is 0.886 bits per heavy atom. The minimum atomic E-state index is -1.32. The van der Waals surface area contributed by atoms with E-state index in [1.54, 1.807) is 36.4 Å². The van der Waals surface area contributed by atoms with Gasteiger partial charge in [0.2, 0.25) is 11.7 Å². The summed E-state index contributed by atoms with van der Waals surface area (Å²) in [6.07, 6.45) is 2.03. The van der Waals surface area contributed by atoms with E-state index in [0.29, 0.717) is 42.4 Å². The van der Waals surface area contributed by atoms with Gasteiger partial charge in [-0.1, -0.05) is 49.6 Å². The summed E-state index contributed by atoms with van der Waals surface area (Å²) in [5.74, 6) is -5.51. The number of aliphatic hydroxyl groups is 1. The Morgan fingerprint density at radius 2 is 1.46 bits per heavy atom. The molecule has 3 rings (SSSR count). The summed E-state index contributed by atoms with van der Waals surface area (Å²) in [6.45, 7) is 12.5. The van der Waals surface area contributed by atoms with Crippen LogP contribution in [-0.2, 0) is 16.1 Å². The Hall–Kier alpha value is -3.32. The van der Waals surface area contributed by atoms with Crippen LogP contribution in [0.25, 0.3) is 11.1 Å². The lowest BCUT2D eigenvalue weighted by Crippen LogP contribution is -2.18. The highest BCUT2D eigenvalue weighted by atomic mass is 19.2. The maximum absolute atomic E-state index is 14.8. The molecule has 2 aromatic carbocycles. The van der Waals surface area contributed by atoms with Crippen LogP contribution in [0.5, 0.6) is 0 Å². The summed E-state index contributed by atoms with van der Waals surface area (Å²) in [5, 5.41) is 9.64. The SMILES string of the molecule is C=C.C=C(OC)/C(F)=C(/F)C(=C)OCc1ccc(-c2ccc(C3CCC(O)CC3)c(F)c2F)cc1. The van der Waals surface area contributed by atoms with E-state index in [0.717, 1.165) is 7.11 Å². The first kappa shape index (κ1) is 27.9. The fourth-order valence-electron chi connectivity index (χ4n) is 3.84. The van der Waals surface area contributed by atoms with E-state index < -0.39 is 34.8 Å². The van der Waals surface area contributed by atoms with Crippen LogP contribution in [0.2, 0.25) is 0 Å². The Kier molecular flexibility index (Phi) is 10.3. The van der Waals surface area contributed by atoms with Crippen LogP contribution in [0.1, 0.15) is 42.7 Å². The molecule has 35 heavy (non-hydrogen) atoms. The average Bonchev–Trinajstić information content (AvgIpc) is 2.89. The van der Waals surface area contributed by atoms with Crippen molar-refractivity contribution in [3.63, 3.8) is 0 Å². The molecule has 1 aliphatic rings. The van der Waals surface area contributed by atoms with Crippen molar-refractivity contribution in [3.8, 4) is 11.1 Å². The minimum Gasteiger partial charge on any atom is -0.494 e. The van der Waals surface area contributed by atoms with E-state index in [4.69, 9.17) is 4.74 Å². The second kappa shape index (κ2) is 13.0. The predicted octanol–water partition coefficient (Wildman–Crippen LogP) is 7.79. The lowest BCUT2D eigenvalue weighted by Gasteiger charge is -2.26. The molecule has 0 amide bonds. The number of rotatable bonds is 8. The first-order valence-electron chi connectivity index (χ1n) is 11.1. The molecule has 2 aromatic rings. The van der Waals surface area contributed by atoms with E-state index in [-0.39, 0.29) is 24.2 Å². The number of hydrogen-bond donors (Lipinski definition) is 1. The molecule has 3 nitrogen and oxygen atoms in total. The molecule has 0 aromatic heterocycles. The smallest absolute Gasteiger partial charge is 0.203 e. The molecule has 1 aliphatic carbocycles. The largest absolute Gasteiger partial charge is 0.494 e. The van der Waals surface area contributed by atoms with Crippen LogP contribution in [0, 0.1) is 11.6 Å². The summed E-state index contributed by atoms with van der Waals surface area (Å²) >= 11 is 0. The van der Waals surface area contributed by atoms with Crippen molar-refractivity contribution in [1.29, 1.82) is 0 Å². The third-order valence-electron chi connectivity index (χ3n) is 5.86. The van der Waals surface area contributed by atoms with Crippen LogP contribution < -0.4 is 0 Å². The van der Waals surface area contributed by atoms with Crippen LogP contribution >= 0.6 is 0 Å². The number of ether oxygens (including phenoxy) is 2. The maximum Gasteiger partial charge on any atom is 0.203 e.